The summed E-state index contributed by atoms with van der Waals surface area (Å²) in [6.07, 6.45) is 2.73. The summed E-state index contributed by atoms with van der Waals surface area (Å²) in [5, 5.41) is 3.35. The first-order chi connectivity index (χ1) is 11.6. The first kappa shape index (κ1) is 17.3. The number of benzene rings is 1. The molecule has 1 aromatic carbocycles. The van der Waals surface area contributed by atoms with Gasteiger partial charge in [0.2, 0.25) is 0 Å². The van der Waals surface area contributed by atoms with E-state index in [1.807, 2.05) is 6.92 Å². The Morgan fingerprint density at radius 3 is 2.75 bits per heavy atom. The maximum absolute atomic E-state index is 13.3. The molecule has 5 nitrogen and oxygen atoms in total. The maximum Gasteiger partial charge on any atom is 0.253 e. The van der Waals surface area contributed by atoms with Crippen LogP contribution >= 0.6 is 0 Å². The van der Waals surface area contributed by atoms with Crippen molar-refractivity contribution in [3.8, 4) is 0 Å². The minimum absolute atomic E-state index is 0.0267. The average Bonchev–Trinajstić information content (AvgIpc) is 2.98. The number of halogens is 1. The normalized spacial score (nSPS) is 22.7. The van der Waals surface area contributed by atoms with Gasteiger partial charge in [-0.1, -0.05) is 0 Å². The van der Waals surface area contributed by atoms with Crippen molar-refractivity contribution >= 4 is 11.6 Å². The van der Waals surface area contributed by atoms with E-state index in [1.165, 1.54) is 12.1 Å². The van der Waals surface area contributed by atoms with Crippen LogP contribution in [0, 0.1) is 5.82 Å². The summed E-state index contributed by atoms with van der Waals surface area (Å²) >= 11 is 0. The number of nitrogens with one attached hydrogen (secondary N) is 1. The van der Waals surface area contributed by atoms with Gasteiger partial charge in [-0.05, 0) is 63.5 Å². The molecule has 3 rings (SSSR count). The third kappa shape index (κ3) is 3.77. The Morgan fingerprint density at radius 1 is 1.38 bits per heavy atom. The highest BCUT2D eigenvalue weighted by atomic mass is 19.1. The third-order valence-electron chi connectivity index (χ3n) is 4.87. The molecule has 2 aliphatic rings. The van der Waals surface area contributed by atoms with Gasteiger partial charge in [0.25, 0.3) is 5.91 Å². The second-order valence-corrected chi connectivity index (χ2v) is 6.48. The highest BCUT2D eigenvalue weighted by Crippen LogP contribution is 2.37. The number of hydrogen-bond donors (Lipinski definition) is 1. The largest absolute Gasteiger partial charge is 0.373 e. The fourth-order valence-corrected chi connectivity index (χ4v) is 3.64. The van der Waals surface area contributed by atoms with Gasteiger partial charge in [-0.3, -0.25) is 4.79 Å². The summed E-state index contributed by atoms with van der Waals surface area (Å²) in [5.74, 6) is -0.420. The number of nitrogens with zero attached hydrogens (tertiary/aromatic N) is 1. The number of anilines is 1. The van der Waals surface area contributed by atoms with Crippen molar-refractivity contribution in [2.24, 2.45) is 0 Å². The van der Waals surface area contributed by atoms with Crippen LogP contribution in [-0.2, 0) is 14.3 Å². The summed E-state index contributed by atoms with van der Waals surface area (Å²) in [7, 11) is 0. The van der Waals surface area contributed by atoms with E-state index in [0.29, 0.717) is 18.9 Å². The molecule has 1 N–H and O–H groups in total. The molecule has 1 unspecified atom stereocenters. The topological polar surface area (TPSA) is 50.8 Å². The Labute approximate surface area is 142 Å². The average molecular weight is 336 g/mol. The van der Waals surface area contributed by atoms with E-state index in [0.717, 1.165) is 32.4 Å². The molecular weight excluding hydrogens is 311 g/mol. The smallest absolute Gasteiger partial charge is 0.253 e. The SMILES string of the molecule is CCOCC(=O)N(c1ccc(F)cc1)C1COC2(CCNCC2)C1. The minimum Gasteiger partial charge on any atom is -0.373 e. The van der Waals surface area contributed by atoms with E-state index in [9.17, 15) is 9.18 Å². The van der Waals surface area contributed by atoms with E-state index < -0.39 is 0 Å². The molecule has 1 spiro atoms. The highest BCUT2D eigenvalue weighted by molar-refractivity contribution is 5.95. The molecule has 1 aromatic rings. The number of piperidine rings is 1. The predicted molar refractivity (Wildman–Crippen MR) is 89.6 cm³/mol. The van der Waals surface area contributed by atoms with Crippen molar-refractivity contribution in [2.45, 2.75) is 37.8 Å². The fourth-order valence-electron chi connectivity index (χ4n) is 3.64. The van der Waals surface area contributed by atoms with Gasteiger partial charge in [-0.2, -0.15) is 0 Å². The van der Waals surface area contributed by atoms with Gasteiger partial charge in [-0.15, -0.1) is 0 Å². The van der Waals surface area contributed by atoms with Crippen molar-refractivity contribution < 1.29 is 18.7 Å². The van der Waals surface area contributed by atoms with Crippen LogP contribution < -0.4 is 10.2 Å². The van der Waals surface area contributed by atoms with E-state index in [4.69, 9.17) is 9.47 Å². The van der Waals surface area contributed by atoms with Gasteiger partial charge in [0.05, 0.1) is 18.2 Å². The molecule has 0 aromatic heterocycles. The lowest BCUT2D eigenvalue weighted by Gasteiger charge is -2.34. The predicted octanol–water partition coefficient (Wildman–Crippen LogP) is 2.11. The first-order valence-corrected chi connectivity index (χ1v) is 8.63. The molecule has 0 bridgehead atoms. The van der Waals surface area contributed by atoms with Gasteiger partial charge < -0.3 is 19.7 Å². The molecule has 2 aliphatic heterocycles. The second kappa shape index (κ2) is 7.59. The minimum atomic E-state index is -0.312. The number of ether oxygens (including phenoxy) is 2. The Kier molecular flexibility index (Phi) is 5.48. The number of hydrogen-bond acceptors (Lipinski definition) is 4. The number of carbonyl (C=O) groups is 1. The fraction of sp³-hybridized carbons (Fsp3) is 0.611. The quantitative estimate of drug-likeness (QED) is 0.895. The molecule has 2 fully saturated rings. The Morgan fingerprint density at radius 2 is 2.08 bits per heavy atom. The number of amides is 1. The van der Waals surface area contributed by atoms with Crippen LogP contribution in [-0.4, -0.2) is 50.5 Å². The Hall–Kier alpha value is -1.50. The van der Waals surface area contributed by atoms with E-state index in [2.05, 4.69) is 5.32 Å². The molecule has 2 heterocycles. The molecule has 0 saturated carbocycles. The molecule has 1 amide bonds. The van der Waals surface area contributed by atoms with Crippen molar-refractivity contribution in [1.29, 1.82) is 0 Å². The summed E-state index contributed by atoms with van der Waals surface area (Å²) in [6, 6.07) is 6.01. The zero-order valence-electron chi connectivity index (χ0n) is 14.1. The molecule has 24 heavy (non-hydrogen) atoms. The van der Waals surface area contributed by atoms with Gasteiger partial charge in [0, 0.05) is 12.3 Å². The lowest BCUT2D eigenvalue weighted by atomic mass is 9.88. The van der Waals surface area contributed by atoms with Crippen molar-refractivity contribution in [3.05, 3.63) is 30.1 Å². The van der Waals surface area contributed by atoms with Crippen LogP contribution in [0.5, 0.6) is 0 Å². The Balaban J connectivity index is 1.79. The van der Waals surface area contributed by atoms with Crippen molar-refractivity contribution in [3.63, 3.8) is 0 Å². The molecule has 1 atom stereocenters. The van der Waals surface area contributed by atoms with Crippen molar-refractivity contribution in [2.75, 3.05) is 37.8 Å². The zero-order valence-corrected chi connectivity index (χ0v) is 14.1. The van der Waals surface area contributed by atoms with Crippen LogP contribution in [0.25, 0.3) is 0 Å². The van der Waals surface area contributed by atoms with Crippen LogP contribution in [0.15, 0.2) is 24.3 Å². The van der Waals surface area contributed by atoms with E-state index in [1.54, 1.807) is 17.0 Å². The van der Waals surface area contributed by atoms with E-state index in [-0.39, 0.29) is 30.0 Å². The Bertz CT molecular complexity index is 558. The standard InChI is InChI=1S/C18H25FN2O3/c1-2-23-13-17(22)21(15-5-3-14(19)4-6-15)16-11-18(24-12-16)7-9-20-10-8-18/h3-6,16,20H,2,7-13H2,1H3. The van der Waals surface area contributed by atoms with Crippen LogP contribution in [0.2, 0.25) is 0 Å². The summed E-state index contributed by atoms with van der Waals surface area (Å²) in [6.45, 7) is 4.76. The molecular formula is C18H25FN2O3. The van der Waals surface area contributed by atoms with Crippen molar-refractivity contribution in [1.82, 2.24) is 5.32 Å². The summed E-state index contributed by atoms with van der Waals surface area (Å²) in [5.41, 5.74) is 0.556. The number of carbonyl (C=O) groups excluding carboxylic acids is 1. The monoisotopic (exact) mass is 336 g/mol. The first-order valence-electron chi connectivity index (χ1n) is 8.63. The lowest BCUT2D eigenvalue weighted by molar-refractivity contribution is -0.123. The molecule has 132 valence electrons. The lowest BCUT2D eigenvalue weighted by Crippen LogP contribution is -2.45. The third-order valence-corrected chi connectivity index (χ3v) is 4.87. The molecule has 0 radical (unpaired) electrons. The summed E-state index contributed by atoms with van der Waals surface area (Å²) < 4.78 is 24.7. The van der Waals surface area contributed by atoms with Crippen LogP contribution in [0.3, 0.4) is 0 Å². The molecule has 6 heteroatoms. The molecule has 0 aliphatic carbocycles. The van der Waals surface area contributed by atoms with Gasteiger partial charge >= 0.3 is 0 Å². The van der Waals surface area contributed by atoms with Gasteiger partial charge in [0.1, 0.15) is 12.4 Å². The second-order valence-electron chi connectivity index (χ2n) is 6.48. The van der Waals surface area contributed by atoms with Gasteiger partial charge in [0.15, 0.2) is 0 Å². The number of rotatable bonds is 5. The zero-order chi connectivity index (χ0) is 17.0. The van der Waals surface area contributed by atoms with Crippen LogP contribution in [0.1, 0.15) is 26.2 Å². The van der Waals surface area contributed by atoms with Gasteiger partial charge in [-0.25, -0.2) is 4.39 Å². The van der Waals surface area contributed by atoms with Crippen LogP contribution in [0.4, 0.5) is 10.1 Å². The summed E-state index contributed by atoms with van der Waals surface area (Å²) in [4.78, 5) is 14.4. The molecule has 2 saturated heterocycles. The highest BCUT2D eigenvalue weighted by Gasteiger charge is 2.44. The van der Waals surface area contributed by atoms with E-state index >= 15 is 0 Å². The maximum atomic E-state index is 13.3.